The van der Waals surface area contributed by atoms with Crippen molar-refractivity contribution in [2.45, 2.75) is 31.6 Å². The summed E-state index contributed by atoms with van der Waals surface area (Å²) in [5, 5.41) is 4.86. The second-order valence-corrected chi connectivity index (χ2v) is 8.85. The Balaban J connectivity index is 1.87. The van der Waals surface area contributed by atoms with E-state index in [1.165, 1.54) is 32.4 Å². The van der Waals surface area contributed by atoms with Crippen LogP contribution >= 0.6 is 0 Å². The average Bonchev–Trinajstić information content (AvgIpc) is 3.32. The van der Waals surface area contributed by atoms with Gasteiger partial charge < -0.3 is 34.5 Å². The Morgan fingerprint density at radius 2 is 2.06 bits per heavy atom. The molecule has 2 aliphatic rings. The van der Waals surface area contributed by atoms with E-state index in [1.807, 2.05) is 0 Å². The molecule has 16 heteroatoms. The van der Waals surface area contributed by atoms with Crippen LogP contribution in [-0.4, -0.2) is 81.8 Å². The first-order chi connectivity index (χ1) is 17.0. The quantitative estimate of drug-likeness (QED) is 0.129. The van der Waals surface area contributed by atoms with Crippen molar-refractivity contribution < 1.29 is 51.6 Å². The van der Waals surface area contributed by atoms with Gasteiger partial charge in [0.25, 0.3) is 11.8 Å². The van der Waals surface area contributed by atoms with E-state index in [1.54, 1.807) is 0 Å². The zero-order chi connectivity index (χ0) is 26.6. The first-order valence-corrected chi connectivity index (χ1v) is 11.6. The average molecular weight is 526 g/mol. The fraction of sp³-hybridized carbons (Fsp3) is 0.400. The third-order valence-electron chi connectivity index (χ3n) is 4.83. The van der Waals surface area contributed by atoms with Gasteiger partial charge in [0.2, 0.25) is 12.0 Å². The minimum atomic E-state index is -1.84. The van der Waals surface area contributed by atoms with E-state index >= 15 is 0 Å². The van der Waals surface area contributed by atoms with Crippen LogP contribution in [0.4, 0.5) is 4.79 Å². The molecule has 0 radical (unpaired) electrons. The molecule has 3 unspecified atom stereocenters. The molecule has 194 valence electrons. The smallest absolute Gasteiger partial charge is 0.404 e. The summed E-state index contributed by atoms with van der Waals surface area (Å²) in [6.45, 7) is 1.82. The van der Waals surface area contributed by atoms with Crippen LogP contribution in [0.3, 0.4) is 0 Å². The molecule has 3 heterocycles. The first kappa shape index (κ1) is 26.4. The number of primary amides is 1. The number of hydrogen-bond donors (Lipinski definition) is 2. The molecule has 15 nitrogen and oxygen atoms in total. The normalized spacial score (nSPS) is 22.1. The van der Waals surface area contributed by atoms with Gasteiger partial charge in [0.05, 0.1) is 22.8 Å². The zero-order valence-electron chi connectivity index (χ0n) is 19.2. The van der Waals surface area contributed by atoms with Gasteiger partial charge in [0.1, 0.15) is 30.8 Å². The Morgan fingerprint density at radius 3 is 2.64 bits per heavy atom. The summed E-state index contributed by atoms with van der Waals surface area (Å²) in [6, 6.07) is 1.65. The summed E-state index contributed by atoms with van der Waals surface area (Å²) in [5.41, 5.74) is 4.32. The number of amides is 3. The van der Waals surface area contributed by atoms with Crippen molar-refractivity contribution in [3.05, 3.63) is 35.4 Å². The fourth-order valence-corrected chi connectivity index (χ4v) is 5.15. The molecule has 0 saturated carbocycles. The fourth-order valence-electron chi connectivity index (χ4n) is 3.49. The van der Waals surface area contributed by atoms with E-state index in [0.29, 0.717) is 0 Å². The van der Waals surface area contributed by atoms with Gasteiger partial charge in [-0.15, -0.1) is 0 Å². The van der Waals surface area contributed by atoms with Crippen LogP contribution in [0, 0.1) is 0 Å². The number of oxime groups is 1. The third-order valence-corrected chi connectivity index (χ3v) is 6.49. The molecule has 2 aliphatic heterocycles. The van der Waals surface area contributed by atoms with Crippen molar-refractivity contribution in [3.63, 3.8) is 0 Å². The molecule has 1 aromatic heterocycles. The Bertz CT molecular complexity index is 1160. The van der Waals surface area contributed by atoms with Crippen LogP contribution in [0.15, 0.2) is 39.2 Å². The molecule has 4 atom stereocenters. The molecule has 0 aromatic carbocycles. The first-order valence-electron chi connectivity index (χ1n) is 10.2. The number of hydrogen-bond acceptors (Lipinski definition) is 12. The number of nitrogens with zero attached hydrogens (tertiary/aromatic N) is 2. The van der Waals surface area contributed by atoms with Gasteiger partial charge in [0.15, 0.2) is 5.76 Å². The summed E-state index contributed by atoms with van der Waals surface area (Å²) in [4.78, 5) is 66.5. The van der Waals surface area contributed by atoms with Gasteiger partial charge in [-0.25, -0.2) is 9.59 Å². The summed E-state index contributed by atoms with van der Waals surface area (Å²) in [7, 11) is -0.634. The SMILES string of the molecule is CON=C(C(=O)NC1C(=O)N2C(C(=O)OC(C)OC(C)=O)=C(COC(N)=O)CS(=O)[C@H]12)c1ccco1. The second kappa shape index (κ2) is 11.0. The number of β-lactam (4-membered cyclic amide) rings is 1. The predicted molar refractivity (Wildman–Crippen MR) is 118 cm³/mol. The van der Waals surface area contributed by atoms with Crippen molar-refractivity contribution in [2.24, 2.45) is 10.9 Å². The Labute approximate surface area is 205 Å². The zero-order valence-corrected chi connectivity index (χ0v) is 20.1. The monoisotopic (exact) mass is 526 g/mol. The maximum atomic E-state index is 13.0. The number of fused-ring (bicyclic) bond motifs is 1. The molecule has 36 heavy (non-hydrogen) atoms. The van der Waals surface area contributed by atoms with E-state index < -0.39 is 65.0 Å². The number of esters is 2. The second-order valence-electron chi connectivity index (χ2n) is 7.32. The number of rotatable bonds is 9. The molecule has 0 spiro atoms. The highest BCUT2D eigenvalue weighted by molar-refractivity contribution is 7.86. The third kappa shape index (κ3) is 5.54. The summed E-state index contributed by atoms with van der Waals surface area (Å²) < 4.78 is 32.7. The lowest BCUT2D eigenvalue weighted by atomic mass is 10.0. The molecule has 3 N–H and O–H groups in total. The molecule has 3 amide bonds. The van der Waals surface area contributed by atoms with E-state index in [2.05, 4.69) is 15.3 Å². The van der Waals surface area contributed by atoms with E-state index in [0.717, 1.165) is 11.8 Å². The van der Waals surface area contributed by atoms with Crippen LogP contribution in [0.2, 0.25) is 0 Å². The summed E-state index contributed by atoms with van der Waals surface area (Å²) in [5.74, 6) is -3.75. The Kier molecular flexibility index (Phi) is 8.08. The van der Waals surface area contributed by atoms with Gasteiger partial charge in [0, 0.05) is 19.4 Å². The molecule has 1 fully saturated rings. The number of carbonyl (C=O) groups excluding carboxylic acids is 5. The molecule has 1 saturated heterocycles. The van der Waals surface area contributed by atoms with Gasteiger partial charge in [-0.3, -0.25) is 23.5 Å². The summed E-state index contributed by atoms with van der Waals surface area (Å²) >= 11 is 0. The van der Waals surface area contributed by atoms with Crippen LogP contribution < -0.4 is 11.1 Å². The maximum absolute atomic E-state index is 13.0. The maximum Gasteiger partial charge on any atom is 0.404 e. The Morgan fingerprint density at radius 1 is 1.33 bits per heavy atom. The predicted octanol–water partition coefficient (Wildman–Crippen LogP) is -1.15. The van der Waals surface area contributed by atoms with E-state index in [4.69, 9.17) is 24.4 Å². The molecule has 3 rings (SSSR count). The standard InChI is InChI=1S/C20H22N4O11S/c1-9(25)34-10(2)35-19(28)15-11(7-33-20(21)29)8-36(30)18-14(17(27)24(15)18)22-16(26)13(23-31-3)12-5-4-6-32-12/h4-6,10,14,18H,7-8H2,1-3H3,(H2,21,29)(H,22,26)/t10?,14?,18-,36?/m1/s1. The van der Waals surface area contributed by atoms with Crippen LogP contribution in [0.1, 0.15) is 19.6 Å². The molecular weight excluding hydrogens is 504 g/mol. The lowest BCUT2D eigenvalue weighted by Gasteiger charge is -2.49. The van der Waals surface area contributed by atoms with E-state index in [-0.39, 0.29) is 28.5 Å². The van der Waals surface area contributed by atoms with E-state index in [9.17, 15) is 28.2 Å². The largest absolute Gasteiger partial charge is 0.462 e. The number of ether oxygens (including phenoxy) is 3. The number of carbonyl (C=O) groups is 5. The van der Waals surface area contributed by atoms with Crippen LogP contribution in [-0.2, 0) is 49.0 Å². The number of furan rings is 1. The van der Waals surface area contributed by atoms with Gasteiger partial charge in [-0.2, -0.15) is 0 Å². The molecule has 0 bridgehead atoms. The molecule has 1 aromatic rings. The van der Waals surface area contributed by atoms with Crippen molar-refractivity contribution in [3.8, 4) is 0 Å². The highest BCUT2D eigenvalue weighted by atomic mass is 32.2. The molecule has 0 aliphatic carbocycles. The Hall–Kier alpha value is -4.21. The lowest BCUT2D eigenvalue weighted by molar-refractivity contribution is -0.182. The van der Waals surface area contributed by atoms with Gasteiger partial charge >= 0.3 is 18.0 Å². The summed E-state index contributed by atoms with van der Waals surface area (Å²) in [6.07, 6.45) is -1.19. The minimum Gasteiger partial charge on any atom is -0.462 e. The number of nitrogens with two attached hydrogens (primary N) is 1. The van der Waals surface area contributed by atoms with Crippen molar-refractivity contribution in [2.75, 3.05) is 19.5 Å². The van der Waals surface area contributed by atoms with Crippen LogP contribution in [0.5, 0.6) is 0 Å². The highest BCUT2D eigenvalue weighted by Gasteiger charge is 2.58. The number of nitrogens with one attached hydrogen (secondary N) is 1. The van der Waals surface area contributed by atoms with Crippen molar-refractivity contribution in [1.82, 2.24) is 10.2 Å². The minimum absolute atomic E-state index is 0.0150. The van der Waals surface area contributed by atoms with Gasteiger partial charge in [-0.1, -0.05) is 5.16 Å². The van der Waals surface area contributed by atoms with Crippen molar-refractivity contribution >= 4 is 46.4 Å². The van der Waals surface area contributed by atoms with Gasteiger partial charge in [-0.05, 0) is 12.1 Å². The highest BCUT2D eigenvalue weighted by Crippen LogP contribution is 2.35. The van der Waals surface area contributed by atoms with Crippen LogP contribution in [0.25, 0.3) is 0 Å². The van der Waals surface area contributed by atoms with Crippen molar-refractivity contribution in [1.29, 1.82) is 0 Å². The molecular formula is C20H22N4O11S. The lowest BCUT2D eigenvalue weighted by Crippen LogP contribution is -2.74. The topological polar surface area (TPSA) is 206 Å².